The normalized spacial score (nSPS) is 13.5. The van der Waals surface area contributed by atoms with Gasteiger partial charge in [0.1, 0.15) is 18.2 Å². The summed E-state index contributed by atoms with van der Waals surface area (Å²) in [6.45, 7) is 1.17. The number of hydrogen-bond donors (Lipinski definition) is 1. The molecule has 0 bridgehead atoms. The predicted octanol–water partition coefficient (Wildman–Crippen LogP) is 4.73. The first-order valence-corrected chi connectivity index (χ1v) is 7.47. The van der Waals surface area contributed by atoms with Gasteiger partial charge in [-0.1, -0.05) is 23.7 Å². The highest BCUT2D eigenvalue weighted by Gasteiger charge is 2.20. The van der Waals surface area contributed by atoms with Crippen molar-refractivity contribution < 1.29 is 9.13 Å². The quantitative estimate of drug-likeness (QED) is 0.819. The van der Waals surface area contributed by atoms with Gasteiger partial charge in [0.25, 0.3) is 0 Å². The third kappa shape index (κ3) is 4.87. The van der Waals surface area contributed by atoms with Gasteiger partial charge >= 0.3 is 0 Å². The minimum atomic E-state index is -0.237. The minimum absolute atomic E-state index is 0. The fourth-order valence-corrected chi connectivity index (χ4v) is 2.31. The molecule has 0 unspecified atom stereocenters. The number of ether oxygens (including phenoxy) is 1. The average Bonchev–Trinajstić information content (AvgIpc) is 3.30. The number of nitrogens with one attached hydrogen (secondary N) is 1. The Bertz CT molecular complexity index is 615. The van der Waals surface area contributed by atoms with Crippen molar-refractivity contribution in [1.82, 2.24) is 5.32 Å². The fourth-order valence-electron chi connectivity index (χ4n) is 2.11. The standard InChI is InChI=1S/C17H17ClFNO.ClH/c18-14-3-8-17(13(9-14)10-20-16-6-7-16)21-11-12-1-4-15(19)5-2-12;/h1-5,8-9,16,20H,6-7,10-11H2;1H. The second-order valence-corrected chi connectivity index (χ2v) is 5.76. The van der Waals surface area contributed by atoms with E-state index in [9.17, 15) is 4.39 Å². The highest BCUT2D eigenvalue weighted by molar-refractivity contribution is 6.30. The molecule has 5 heteroatoms. The minimum Gasteiger partial charge on any atom is -0.489 e. The summed E-state index contributed by atoms with van der Waals surface area (Å²) >= 11 is 6.06. The SMILES string of the molecule is Cl.Fc1ccc(COc2ccc(Cl)cc2CNC2CC2)cc1. The van der Waals surface area contributed by atoms with Crippen molar-refractivity contribution in [3.8, 4) is 5.75 Å². The summed E-state index contributed by atoms with van der Waals surface area (Å²) in [5.74, 6) is 0.580. The van der Waals surface area contributed by atoms with Gasteiger partial charge in [-0.3, -0.25) is 0 Å². The van der Waals surface area contributed by atoms with Gasteiger partial charge in [-0.25, -0.2) is 4.39 Å². The largest absolute Gasteiger partial charge is 0.489 e. The average molecular weight is 342 g/mol. The third-order valence-electron chi connectivity index (χ3n) is 3.49. The lowest BCUT2D eigenvalue weighted by Gasteiger charge is -2.13. The summed E-state index contributed by atoms with van der Waals surface area (Å²) in [6.07, 6.45) is 2.48. The topological polar surface area (TPSA) is 21.3 Å². The molecule has 0 spiro atoms. The van der Waals surface area contributed by atoms with Crippen LogP contribution in [0.3, 0.4) is 0 Å². The van der Waals surface area contributed by atoms with Crippen LogP contribution in [0.2, 0.25) is 5.02 Å². The summed E-state index contributed by atoms with van der Waals surface area (Å²) in [4.78, 5) is 0. The van der Waals surface area contributed by atoms with Crippen LogP contribution in [0.25, 0.3) is 0 Å². The first-order valence-electron chi connectivity index (χ1n) is 7.10. The monoisotopic (exact) mass is 341 g/mol. The molecule has 1 fully saturated rings. The molecule has 0 aliphatic heterocycles. The molecule has 0 saturated heterocycles. The van der Waals surface area contributed by atoms with E-state index in [-0.39, 0.29) is 18.2 Å². The van der Waals surface area contributed by atoms with Crippen LogP contribution in [-0.4, -0.2) is 6.04 Å². The molecule has 3 rings (SSSR count). The van der Waals surface area contributed by atoms with Crippen LogP contribution in [-0.2, 0) is 13.2 Å². The summed E-state index contributed by atoms with van der Waals surface area (Å²) < 4.78 is 18.7. The van der Waals surface area contributed by atoms with Crippen molar-refractivity contribution in [3.63, 3.8) is 0 Å². The van der Waals surface area contributed by atoms with E-state index < -0.39 is 0 Å². The zero-order valence-corrected chi connectivity index (χ0v) is 13.6. The molecule has 2 nitrogen and oxygen atoms in total. The van der Waals surface area contributed by atoms with Crippen LogP contribution in [0.5, 0.6) is 5.75 Å². The van der Waals surface area contributed by atoms with Gasteiger partial charge < -0.3 is 10.1 Å². The number of rotatable bonds is 6. The molecular weight excluding hydrogens is 324 g/mol. The summed E-state index contributed by atoms with van der Waals surface area (Å²) in [5.41, 5.74) is 1.99. The van der Waals surface area contributed by atoms with Gasteiger partial charge in [0.15, 0.2) is 0 Å². The van der Waals surface area contributed by atoms with E-state index >= 15 is 0 Å². The highest BCUT2D eigenvalue weighted by Crippen LogP contribution is 2.26. The smallest absolute Gasteiger partial charge is 0.124 e. The molecule has 1 aliphatic carbocycles. The van der Waals surface area contributed by atoms with Gasteiger partial charge in [0.05, 0.1) is 0 Å². The van der Waals surface area contributed by atoms with Crippen LogP contribution in [0.4, 0.5) is 4.39 Å². The molecule has 0 amide bonds. The zero-order chi connectivity index (χ0) is 14.7. The second-order valence-electron chi connectivity index (χ2n) is 5.32. The lowest BCUT2D eigenvalue weighted by atomic mass is 10.2. The molecule has 0 atom stereocenters. The Morgan fingerprint density at radius 1 is 1.14 bits per heavy atom. The molecule has 2 aromatic rings. The molecular formula is C17H18Cl2FNO. The zero-order valence-electron chi connectivity index (χ0n) is 12.0. The first kappa shape index (κ1) is 17.1. The summed E-state index contributed by atoms with van der Waals surface area (Å²) in [7, 11) is 0. The summed E-state index contributed by atoms with van der Waals surface area (Å²) in [5, 5.41) is 4.16. The molecule has 22 heavy (non-hydrogen) atoms. The van der Waals surface area contributed by atoms with Crippen molar-refractivity contribution >= 4 is 24.0 Å². The van der Waals surface area contributed by atoms with Crippen molar-refractivity contribution in [2.75, 3.05) is 0 Å². The van der Waals surface area contributed by atoms with Crippen LogP contribution >= 0.6 is 24.0 Å². The predicted molar refractivity (Wildman–Crippen MR) is 89.3 cm³/mol. The molecule has 1 N–H and O–H groups in total. The van der Waals surface area contributed by atoms with Gasteiger partial charge in [0, 0.05) is 23.2 Å². The third-order valence-corrected chi connectivity index (χ3v) is 3.72. The summed E-state index contributed by atoms with van der Waals surface area (Å²) in [6, 6.07) is 12.6. The number of hydrogen-bond acceptors (Lipinski definition) is 2. The maximum absolute atomic E-state index is 12.9. The van der Waals surface area contributed by atoms with E-state index in [0.29, 0.717) is 17.7 Å². The molecule has 2 aromatic carbocycles. The van der Waals surface area contributed by atoms with Crippen molar-refractivity contribution in [1.29, 1.82) is 0 Å². The Hall–Kier alpha value is -1.29. The lowest BCUT2D eigenvalue weighted by molar-refractivity contribution is 0.302. The lowest BCUT2D eigenvalue weighted by Crippen LogP contribution is -2.16. The first-order chi connectivity index (χ1) is 10.2. The van der Waals surface area contributed by atoms with E-state index in [1.54, 1.807) is 12.1 Å². The molecule has 1 aliphatic rings. The Morgan fingerprint density at radius 3 is 2.55 bits per heavy atom. The number of benzene rings is 2. The maximum Gasteiger partial charge on any atom is 0.124 e. The van der Waals surface area contributed by atoms with Crippen molar-refractivity contribution in [2.45, 2.75) is 32.0 Å². The van der Waals surface area contributed by atoms with Gasteiger partial charge in [-0.05, 0) is 48.7 Å². The second kappa shape index (κ2) is 7.82. The van der Waals surface area contributed by atoms with Crippen LogP contribution < -0.4 is 10.1 Å². The Labute approximate surface area is 141 Å². The fraction of sp³-hybridized carbons (Fsp3) is 0.294. The molecule has 1 saturated carbocycles. The van der Waals surface area contributed by atoms with Gasteiger partial charge in [-0.15, -0.1) is 12.4 Å². The molecule has 0 heterocycles. The highest BCUT2D eigenvalue weighted by atomic mass is 35.5. The van der Waals surface area contributed by atoms with Crippen molar-refractivity contribution in [3.05, 3.63) is 64.4 Å². The van der Waals surface area contributed by atoms with Crippen LogP contribution in [0.1, 0.15) is 24.0 Å². The van der Waals surface area contributed by atoms with E-state index in [2.05, 4.69) is 5.32 Å². The van der Waals surface area contributed by atoms with Crippen LogP contribution in [0.15, 0.2) is 42.5 Å². The van der Waals surface area contributed by atoms with E-state index in [1.807, 2.05) is 18.2 Å². The van der Waals surface area contributed by atoms with E-state index in [4.69, 9.17) is 16.3 Å². The molecule has 118 valence electrons. The van der Waals surface area contributed by atoms with Gasteiger partial charge in [0.2, 0.25) is 0 Å². The Morgan fingerprint density at radius 2 is 1.86 bits per heavy atom. The van der Waals surface area contributed by atoms with Crippen molar-refractivity contribution in [2.24, 2.45) is 0 Å². The molecule has 0 aromatic heterocycles. The molecule has 0 radical (unpaired) electrons. The van der Waals surface area contributed by atoms with E-state index in [0.717, 1.165) is 23.4 Å². The van der Waals surface area contributed by atoms with E-state index in [1.165, 1.54) is 25.0 Å². The Kier molecular flexibility index (Phi) is 6.07. The Balaban J connectivity index is 0.00000176. The maximum atomic E-state index is 12.9. The number of halogens is 3. The van der Waals surface area contributed by atoms with Crippen LogP contribution in [0, 0.1) is 5.82 Å². The van der Waals surface area contributed by atoms with Gasteiger partial charge in [-0.2, -0.15) is 0 Å².